The average Bonchev–Trinajstić information content (AvgIpc) is 2.74. The van der Waals surface area contributed by atoms with Crippen LogP contribution in [-0.4, -0.2) is 14.3 Å². The van der Waals surface area contributed by atoms with Gasteiger partial charge in [0, 0.05) is 4.47 Å². The fraction of sp³-hybridized carbons (Fsp3) is 0.0952. The van der Waals surface area contributed by atoms with Gasteiger partial charge in [-0.15, -0.1) is 0 Å². The number of benzene rings is 3. The Bertz CT molecular complexity index is 1130. The van der Waals surface area contributed by atoms with E-state index in [1.165, 1.54) is 46.2 Å². The largest absolute Gasteiger partial charge is 1.00 e. The second kappa shape index (κ2) is 11.2. The van der Waals surface area contributed by atoms with Crippen molar-refractivity contribution in [3.63, 3.8) is 0 Å². The van der Waals surface area contributed by atoms with Crippen molar-refractivity contribution in [3.05, 3.63) is 99.4 Å². The van der Waals surface area contributed by atoms with E-state index in [0.717, 1.165) is 4.47 Å². The third-order valence-corrected chi connectivity index (χ3v) is 6.66. The molecule has 0 bridgehead atoms. The van der Waals surface area contributed by atoms with E-state index in [2.05, 4.69) is 15.9 Å². The molecule has 0 aliphatic rings. The maximum atomic E-state index is 13.4. The van der Waals surface area contributed by atoms with Gasteiger partial charge in [-0.25, -0.2) is 12.8 Å². The molecule has 0 atom stereocenters. The Morgan fingerprint density at radius 2 is 1.48 bits per heavy atom. The summed E-state index contributed by atoms with van der Waals surface area (Å²) in [7, 11) is -3.93. The SMILES string of the molecule is O=C(Cc1ccc(N(Cc2ccc(F)cc2)S(=O)(=O)c2ccc(Br)cc2)cc1)N[O-].[Na+]. The second-order valence-electron chi connectivity index (χ2n) is 6.46. The summed E-state index contributed by atoms with van der Waals surface area (Å²) in [5, 5.41) is 10.4. The molecule has 0 aromatic heterocycles. The molecule has 3 rings (SSSR count). The smallest absolute Gasteiger partial charge is 0.759 e. The summed E-state index contributed by atoms with van der Waals surface area (Å²) in [6.45, 7) is -0.0148. The number of rotatable bonds is 7. The van der Waals surface area contributed by atoms with Crippen LogP contribution in [0.2, 0.25) is 0 Å². The first-order chi connectivity index (χ1) is 14.3. The number of nitrogens with zero attached hydrogens (tertiary/aromatic N) is 1. The van der Waals surface area contributed by atoms with E-state index in [0.29, 0.717) is 16.8 Å². The van der Waals surface area contributed by atoms with Crippen molar-refractivity contribution in [2.24, 2.45) is 0 Å². The molecule has 0 aliphatic carbocycles. The molecule has 0 fully saturated rings. The molecule has 0 unspecified atom stereocenters. The topological polar surface area (TPSA) is 89.5 Å². The third kappa shape index (κ3) is 6.61. The molecule has 0 radical (unpaired) electrons. The molecule has 1 amide bonds. The van der Waals surface area contributed by atoms with E-state index in [9.17, 15) is 22.8 Å². The minimum Gasteiger partial charge on any atom is -0.759 e. The van der Waals surface area contributed by atoms with Gasteiger partial charge in [0.25, 0.3) is 10.0 Å². The summed E-state index contributed by atoms with van der Waals surface area (Å²) in [6.07, 6.45) is -0.110. The normalized spacial score (nSPS) is 10.8. The van der Waals surface area contributed by atoms with Gasteiger partial charge in [0.2, 0.25) is 5.91 Å². The third-order valence-electron chi connectivity index (χ3n) is 4.34. The monoisotopic (exact) mass is 514 g/mol. The molecule has 3 aromatic rings. The van der Waals surface area contributed by atoms with Crippen LogP contribution in [0.5, 0.6) is 0 Å². The number of hydrogen-bond acceptors (Lipinski definition) is 4. The number of sulfonamides is 1. The zero-order valence-corrected chi connectivity index (χ0v) is 21.0. The van der Waals surface area contributed by atoms with Crippen molar-refractivity contribution in [1.82, 2.24) is 5.48 Å². The van der Waals surface area contributed by atoms with E-state index < -0.39 is 21.7 Å². The first kappa shape index (κ1) is 25.5. The van der Waals surface area contributed by atoms with Crippen molar-refractivity contribution in [2.75, 3.05) is 4.31 Å². The summed E-state index contributed by atoms with van der Waals surface area (Å²) >= 11 is 3.29. The summed E-state index contributed by atoms with van der Waals surface area (Å²) in [4.78, 5) is 11.4. The van der Waals surface area contributed by atoms with E-state index in [-0.39, 0.29) is 47.4 Å². The van der Waals surface area contributed by atoms with Crippen LogP contribution in [0, 0.1) is 11.0 Å². The Balaban J connectivity index is 0.00000341. The Kier molecular flexibility index (Phi) is 9.23. The van der Waals surface area contributed by atoms with Crippen LogP contribution in [0.1, 0.15) is 11.1 Å². The van der Waals surface area contributed by atoms with Gasteiger partial charge in [0.05, 0.1) is 23.5 Å². The van der Waals surface area contributed by atoms with Gasteiger partial charge < -0.3 is 10.7 Å². The first-order valence-corrected chi connectivity index (χ1v) is 11.1. The van der Waals surface area contributed by atoms with E-state index >= 15 is 0 Å². The molecule has 1 N–H and O–H groups in total. The van der Waals surface area contributed by atoms with Gasteiger partial charge in [0.15, 0.2) is 0 Å². The maximum absolute atomic E-state index is 13.4. The van der Waals surface area contributed by atoms with Crippen molar-refractivity contribution < 1.29 is 47.2 Å². The molecular weight excluding hydrogens is 498 g/mol. The second-order valence-corrected chi connectivity index (χ2v) is 9.24. The first-order valence-electron chi connectivity index (χ1n) is 8.82. The zero-order chi connectivity index (χ0) is 21.7. The number of carbonyl (C=O) groups is 1. The van der Waals surface area contributed by atoms with Gasteiger partial charge in [-0.05, 0) is 59.7 Å². The molecule has 10 heteroatoms. The van der Waals surface area contributed by atoms with Crippen molar-refractivity contribution in [2.45, 2.75) is 17.9 Å². The van der Waals surface area contributed by atoms with Gasteiger partial charge in [-0.1, -0.05) is 40.2 Å². The summed E-state index contributed by atoms with van der Waals surface area (Å²) in [5.41, 5.74) is 2.85. The van der Waals surface area contributed by atoms with Crippen LogP contribution in [-0.2, 0) is 27.8 Å². The van der Waals surface area contributed by atoms with E-state index in [1.807, 2.05) is 0 Å². The number of nitrogens with one attached hydrogen (secondary N) is 1. The fourth-order valence-corrected chi connectivity index (χ4v) is 4.52. The minimum atomic E-state index is -3.93. The molecule has 156 valence electrons. The number of halogens is 2. The van der Waals surface area contributed by atoms with E-state index in [1.54, 1.807) is 36.4 Å². The van der Waals surface area contributed by atoms with Crippen LogP contribution in [0.4, 0.5) is 10.1 Å². The Labute approximate surface area is 210 Å². The maximum Gasteiger partial charge on any atom is 1.00 e. The van der Waals surface area contributed by atoms with Crippen LogP contribution in [0.15, 0.2) is 82.2 Å². The Morgan fingerprint density at radius 3 is 2.03 bits per heavy atom. The fourth-order valence-electron chi connectivity index (χ4n) is 2.81. The molecule has 0 aliphatic heterocycles. The van der Waals surface area contributed by atoms with Crippen LogP contribution < -0.4 is 39.3 Å². The predicted octanol–water partition coefficient (Wildman–Crippen LogP) is 1.14. The number of hydrogen-bond donors (Lipinski definition) is 1. The molecule has 0 saturated heterocycles. The van der Waals surface area contributed by atoms with Gasteiger partial charge >= 0.3 is 29.6 Å². The number of carbonyl (C=O) groups excluding carboxylic acids is 1. The summed E-state index contributed by atoms with van der Waals surface area (Å²) in [5.74, 6) is -1.10. The summed E-state index contributed by atoms with van der Waals surface area (Å²) in [6, 6.07) is 18.1. The van der Waals surface area contributed by atoms with Crippen molar-refractivity contribution in [1.29, 1.82) is 0 Å². The van der Waals surface area contributed by atoms with Crippen LogP contribution in [0.3, 0.4) is 0 Å². The van der Waals surface area contributed by atoms with Gasteiger partial charge in [0.1, 0.15) is 5.82 Å². The van der Waals surface area contributed by atoms with Crippen molar-refractivity contribution in [3.8, 4) is 0 Å². The molecule has 0 heterocycles. The molecule has 31 heavy (non-hydrogen) atoms. The molecule has 0 spiro atoms. The molecule has 6 nitrogen and oxygen atoms in total. The molecular formula is C21H17BrFN2NaO4S. The summed E-state index contributed by atoms with van der Waals surface area (Å²) < 4.78 is 41.9. The van der Waals surface area contributed by atoms with Crippen LogP contribution >= 0.6 is 15.9 Å². The Morgan fingerprint density at radius 1 is 0.935 bits per heavy atom. The zero-order valence-electron chi connectivity index (χ0n) is 16.6. The van der Waals surface area contributed by atoms with E-state index in [4.69, 9.17) is 0 Å². The standard InChI is InChI=1S/C21H17BrFN2O4S.Na/c22-17-5-11-20(12-6-17)30(28,29)25(14-16-1-7-18(23)8-2-16)19-9-3-15(4-10-19)13-21(26)24-27;/h1-12H,13-14H2,(H-,24,26,27);/q-1;+1. The van der Waals surface area contributed by atoms with Gasteiger partial charge in [-0.2, -0.15) is 0 Å². The Hall–Kier alpha value is -1.75. The van der Waals surface area contributed by atoms with Crippen molar-refractivity contribution >= 4 is 37.5 Å². The molecule has 0 saturated carbocycles. The van der Waals surface area contributed by atoms with Crippen LogP contribution in [0.25, 0.3) is 0 Å². The number of hydroxylamine groups is 1. The molecule has 3 aromatic carbocycles. The number of amides is 1. The minimum absolute atomic E-state index is 0. The predicted molar refractivity (Wildman–Crippen MR) is 116 cm³/mol. The average molecular weight is 515 g/mol. The number of anilines is 1. The van der Waals surface area contributed by atoms with Gasteiger partial charge in [-0.3, -0.25) is 9.10 Å². The quantitative estimate of drug-likeness (QED) is 0.378.